The molecule has 0 heterocycles. The lowest BCUT2D eigenvalue weighted by Gasteiger charge is -2.27. The normalized spacial score (nSPS) is 19.8. The van der Waals surface area contributed by atoms with E-state index in [1.54, 1.807) is 6.07 Å². The van der Waals surface area contributed by atoms with Crippen molar-refractivity contribution in [1.82, 2.24) is 5.32 Å². The van der Waals surface area contributed by atoms with E-state index in [0.717, 1.165) is 49.9 Å². The van der Waals surface area contributed by atoms with Crippen LogP contribution < -0.4 is 10.0 Å². The van der Waals surface area contributed by atoms with Crippen molar-refractivity contribution in [2.24, 2.45) is 5.92 Å². The second-order valence-electron chi connectivity index (χ2n) is 7.18. The summed E-state index contributed by atoms with van der Waals surface area (Å²) in [5.41, 5.74) is 0.413. The number of halogens is 2. The third-order valence-corrected chi connectivity index (χ3v) is 6.66. The van der Waals surface area contributed by atoms with Gasteiger partial charge in [0.25, 0.3) is 15.9 Å². The second-order valence-corrected chi connectivity index (χ2v) is 9.27. The zero-order chi connectivity index (χ0) is 20.3. The van der Waals surface area contributed by atoms with Gasteiger partial charge < -0.3 is 5.32 Å². The number of amides is 1. The Morgan fingerprint density at radius 3 is 2.36 bits per heavy atom. The zero-order valence-corrected chi connectivity index (χ0v) is 17.0. The van der Waals surface area contributed by atoms with E-state index in [2.05, 4.69) is 17.0 Å². The predicted molar refractivity (Wildman–Crippen MR) is 108 cm³/mol. The summed E-state index contributed by atoms with van der Waals surface area (Å²) in [4.78, 5) is 12.5. The van der Waals surface area contributed by atoms with Crippen LogP contribution in [0.3, 0.4) is 0 Å². The van der Waals surface area contributed by atoms with Crippen LogP contribution in [0, 0.1) is 11.7 Å². The Balaban J connectivity index is 1.75. The molecule has 3 rings (SSSR count). The molecule has 1 saturated carbocycles. The van der Waals surface area contributed by atoms with E-state index in [-0.39, 0.29) is 27.6 Å². The van der Waals surface area contributed by atoms with Crippen molar-refractivity contribution in [3.63, 3.8) is 0 Å². The minimum absolute atomic E-state index is 0.0934. The summed E-state index contributed by atoms with van der Waals surface area (Å²) in [5.74, 6) is -0.123. The Morgan fingerprint density at radius 2 is 1.71 bits per heavy atom. The van der Waals surface area contributed by atoms with Gasteiger partial charge in [-0.1, -0.05) is 18.5 Å². The second kappa shape index (κ2) is 8.49. The zero-order valence-electron chi connectivity index (χ0n) is 15.4. The van der Waals surface area contributed by atoms with E-state index in [9.17, 15) is 17.6 Å². The Labute approximate surface area is 169 Å². The van der Waals surface area contributed by atoms with Crippen LogP contribution in [0.4, 0.5) is 10.1 Å². The number of carbonyl (C=O) groups is 1. The smallest absolute Gasteiger partial charge is 0.261 e. The summed E-state index contributed by atoms with van der Waals surface area (Å²) >= 11 is 6.11. The molecule has 1 aliphatic rings. The van der Waals surface area contributed by atoms with Crippen LogP contribution >= 0.6 is 11.6 Å². The lowest BCUT2D eigenvalue weighted by Crippen LogP contribution is -2.37. The molecule has 0 radical (unpaired) electrons. The quantitative estimate of drug-likeness (QED) is 0.737. The lowest BCUT2D eigenvalue weighted by molar-refractivity contribution is 0.0923. The molecule has 0 aliphatic heterocycles. The molecule has 0 spiro atoms. The van der Waals surface area contributed by atoms with Crippen LogP contribution in [0.5, 0.6) is 0 Å². The van der Waals surface area contributed by atoms with Gasteiger partial charge in [0, 0.05) is 11.6 Å². The van der Waals surface area contributed by atoms with Crippen LogP contribution in [-0.4, -0.2) is 20.4 Å². The van der Waals surface area contributed by atoms with Crippen molar-refractivity contribution >= 4 is 33.2 Å². The molecule has 2 N–H and O–H groups in total. The molecule has 8 heteroatoms. The van der Waals surface area contributed by atoms with Crippen molar-refractivity contribution in [1.29, 1.82) is 0 Å². The van der Waals surface area contributed by atoms with E-state index in [4.69, 9.17) is 11.6 Å². The number of benzene rings is 2. The van der Waals surface area contributed by atoms with Crippen molar-refractivity contribution in [2.45, 2.75) is 43.5 Å². The summed E-state index contributed by atoms with van der Waals surface area (Å²) in [6.45, 7) is 2.21. The molecule has 150 valence electrons. The van der Waals surface area contributed by atoms with Crippen LogP contribution in [0.15, 0.2) is 47.4 Å². The maximum absolute atomic E-state index is 13.0. The summed E-state index contributed by atoms with van der Waals surface area (Å²) in [6, 6.07) is 9.00. The number of hydrogen-bond donors (Lipinski definition) is 2. The van der Waals surface area contributed by atoms with Crippen molar-refractivity contribution in [3.8, 4) is 0 Å². The number of rotatable bonds is 5. The van der Waals surface area contributed by atoms with Gasteiger partial charge in [-0.05, 0) is 74.1 Å². The molecule has 1 aliphatic carbocycles. The summed E-state index contributed by atoms with van der Waals surface area (Å²) < 4.78 is 40.4. The Bertz CT molecular complexity index is 956. The Kier molecular flexibility index (Phi) is 6.25. The highest BCUT2D eigenvalue weighted by atomic mass is 35.5. The van der Waals surface area contributed by atoms with E-state index in [0.29, 0.717) is 11.5 Å². The first-order valence-corrected chi connectivity index (χ1v) is 11.0. The van der Waals surface area contributed by atoms with E-state index >= 15 is 0 Å². The average molecular weight is 425 g/mol. The van der Waals surface area contributed by atoms with Gasteiger partial charge in [-0.25, -0.2) is 12.8 Å². The average Bonchev–Trinajstić information content (AvgIpc) is 2.65. The van der Waals surface area contributed by atoms with Crippen molar-refractivity contribution < 1.29 is 17.6 Å². The van der Waals surface area contributed by atoms with Gasteiger partial charge in [0.1, 0.15) is 5.82 Å². The topological polar surface area (TPSA) is 75.3 Å². The van der Waals surface area contributed by atoms with Crippen LogP contribution in [0.1, 0.15) is 43.0 Å². The van der Waals surface area contributed by atoms with Gasteiger partial charge in [0.05, 0.1) is 15.6 Å². The predicted octanol–water partition coefficient (Wildman–Crippen LogP) is 4.59. The van der Waals surface area contributed by atoms with Crippen LogP contribution in [0.25, 0.3) is 0 Å². The first-order chi connectivity index (χ1) is 13.2. The molecule has 28 heavy (non-hydrogen) atoms. The van der Waals surface area contributed by atoms with Gasteiger partial charge in [-0.15, -0.1) is 0 Å². The maximum Gasteiger partial charge on any atom is 0.261 e. The van der Waals surface area contributed by atoms with Crippen molar-refractivity contribution in [3.05, 3.63) is 58.9 Å². The van der Waals surface area contributed by atoms with Gasteiger partial charge in [-0.3, -0.25) is 9.52 Å². The van der Waals surface area contributed by atoms with Crippen LogP contribution in [-0.2, 0) is 10.0 Å². The lowest BCUT2D eigenvalue weighted by atomic mass is 9.87. The highest BCUT2D eigenvalue weighted by Gasteiger charge is 2.21. The first-order valence-electron chi connectivity index (χ1n) is 9.13. The number of nitrogens with one attached hydrogen (secondary N) is 2. The Hall–Kier alpha value is -2.12. The molecular formula is C20H22ClFN2O3S. The monoisotopic (exact) mass is 424 g/mol. The fraction of sp³-hybridized carbons (Fsp3) is 0.350. The third kappa shape index (κ3) is 5.02. The summed E-state index contributed by atoms with van der Waals surface area (Å²) in [5, 5.41) is 3.16. The fourth-order valence-electron chi connectivity index (χ4n) is 3.24. The standard InChI is InChI=1S/C20H22ClFN2O3S/c1-13-2-7-16(8-3-13)23-20(25)14-4-11-18(21)19(12-14)24-28(26,27)17-9-5-15(22)6-10-17/h4-6,9-13,16,24H,2-3,7-8H2,1H3,(H,23,25). The Morgan fingerprint density at radius 1 is 1.07 bits per heavy atom. The fourth-order valence-corrected chi connectivity index (χ4v) is 4.53. The molecule has 0 bridgehead atoms. The largest absolute Gasteiger partial charge is 0.349 e. The third-order valence-electron chi connectivity index (χ3n) is 4.95. The van der Waals surface area contributed by atoms with Gasteiger partial charge in [0.15, 0.2) is 0 Å². The number of carbonyl (C=O) groups excluding carboxylic acids is 1. The molecule has 2 aromatic rings. The minimum atomic E-state index is -3.96. The van der Waals surface area contributed by atoms with Crippen molar-refractivity contribution in [2.75, 3.05) is 4.72 Å². The molecule has 0 saturated heterocycles. The summed E-state index contributed by atoms with van der Waals surface area (Å²) in [7, 11) is -3.96. The highest BCUT2D eigenvalue weighted by Crippen LogP contribution is 2.27. The molecule has 0 aromatic heterocycles. The van der Waals surface area contributed by atoms with E-state index in [1.807, 2.05) is 0 Å². The SMILES string of the molecule is CC1CCC(NC(=O)c2ccc(Cl)c(NS(=O)(=O)c3ccc(F)cc3)c2)CC1. The molecule has 0 atom stereocenters. The molecule has 5 nitrogen and oxygen atoms in total. The molecule has 0 unspecified atom stereocenters. The molecule has 2 aromatic carbocycles. The summed E-state index contributed by atoms with van der Waals surface area (Å²) in [6.07, 6.45) is 4.03. The maximum atomic E-state index is 13.0. The van der Waals surface area contributed by atoms with Gasteiger partial charge in [-0.2, -0.15) is 0 Å². The van der Waals surface area contributed by atoms with E-state index in [1.165, 1.54) is 12.1 Å². The van der Waals surface area contributed by atoms with E-state index < -0.39 is 15.8 Å². The van der Waals surface area contributed by atoms with Crippen LogP contribution in [0.2, 0.25) is 5.02 Å². The molecule has 1 fully saturated rings. The molecule has 1 amide bonds. The number of sulfonamides is 1. The first kappa shape index (κ1) is 20.6. The highest BCUT2D eigenvalue weighted by molar-refractivity contribution is 7.92. The number of anilines is 1. The molecular weight excluding hydrogens is 403 g/mol. The number of hydrogen-bond acceptors (Lipinski definition) is 3. The minimum Gasteiger partial charge on any atom is -0.349 e. The van der Waals surface area contributed by atoms with Gasteiger partial charge in [0.2, 0.25) is 0 Å². The van der Waals surface area contributed by atoms with Gasteiger partial charge >= 0.3 is 0 Å².